The van der Waals surface area contributed by atoms with Crippen LogP contribution in [0.3, 0.4) is 0 Å². The van der Waals surface area contributed by atoms with Crippen molar-refractivity contribution in [1.82, 2.24) is 20.0 Å². The van der Waals surface area contributed by atoms with Crippen LogP contribution in [0.5, 0.6) is 0 Å². The molecule has 1 unspecified atom stereocenters. The summed E-state index contributed by atoms with van der Waals surface area (Å²) in [7, 11) is 2.14. The summed E-state index contributed by atoms with van der Waals surface area (Å²) in [5.74, 6) is 0. The largest absolute Gasteiger partial charge is 0.448 e. The molecule has 2 fully saturated rings. The summed E-state index contributed by atoms with van der Waals surface area (Å²) < 4.78 is 5.50. The van der Waals surface area contributed by atoms with Gasteiger partial charge >= 0.3 is 6.09 Å². The van der Waals surface area contributed by atoms with Gasteiger partial charge in [-0.05, 0) is 24.7 Å². The number of nitrogens with zero attached hydrogens (tertiary/aromatic N) is 3. The molecular formula is C18H27ClN4O2. The molecule has 2 saturated heterocycles. The second kappa shape index (κ2) is 8.85. The maximum absolute atomic E-state index is 12.4. The maximum atomic E-state index is 12.4. The Morgan fingerprint density at radius 1 is 1.20 bits per heavy atom. The SMILES string of the molecule is CN1CCN(CCOC(=O)N2CCNC(c3ccc(Cl)cc3)C2)CC1. The zero-order valence-corrected chi connectivity index (χ0v) is 15.5. The second-order valence-electron chi connectivity index (χ2n) is 6.76. The van der Waals surface area contributed by atoms with E-state index in [-0.39, 0.29) is 12.1 Å². The summed E-state index contributed by atoms with van der Waals surface area (Å²) in [4.78, 5) is 18.8. The fraction of sp³-hybridized carbons (Fsp3) is 0.611. The number of hydrogen-bond donors (Lipinski definition) is 1. The summed E-state index contributed by atoms with van der Waals surface area (Å²) in [6.45, 7) is 7.57. The van der Waals surface area contributed by atoms with Gasteiger partial charge in [-0.1, -0.05) is 23.7 Å². The summed E-state index contributed by atoms with van der Waals surface area (Å²) in [6, 6.07) is 7.89. The van der Waals surface area contributed by atoms with Crippen LogP contribution in [-0.2, 0) is 4.74 Å². The van der Waals surface area contributed by atoms with E-state index in [1.807, 2.05) is 24.3 Å². The molecule has 0 radical (unpaired) electrons. The van der Waals surface area contributed by atoms with Gasteiger partial charge in [-0.2, -0.15) is 0 Å². The smallest absolute Gasteiger partial charge is 0.409 e. The van der Waals surface area contributed by atoms with E-state index >= 15 is 0 Å². The van der Waals surface area contributed by atoms with Crippen LogP contribution in [0, 0.1) is 0 Å². The standard InChI is InChI=1S/C18H27ClN4O2/c1-21-8-10-22(11-9-21)12-13-25-18(24)23-7-6-20-17(14-23)15-2-4-16(19)5-3-15/h2-5,17,20H,6-14H2,1H3. The molecule has 1 N–H and O–H groups in total. The molecule has 25 heavy (non-hydrogen) atoms. The summed E-state index contributed by atoms with van der Waals surface area (Å²) in [5.41, 5.74) is 1.14. The highest BCUT2D eigenvalue weighted by Gasteiger charge is 2.25. The fourth-order valence-corrected chi connectivity index (χ4v) is 3.38. The highest BCUT2D eigenvalue weighted by Crippen LogP contribution is 2.20. The maximum Gasteiger partial charge on any atom is 0.409 e. The molecule has 0 spiro atoms. The Morgan fingerprint density at radius 3 is 2.64 bits per heavy atom. The van der Waals surface area contributed by atoms with Gasteiger partial charge in [0.15, 0.2) is 0 Å². The number of piperazine rings is 2. The predicted molar refractivity (Wildman–Crippen MR) is 99.1 cm³/mol. The molecule has 3 rings (SSSR count). The zero-order chi connectivity index (χ0) is 17.6. The molecule has 2 aliphatic rings. The third-order valence-corrected chi connectivity index (χ3v) is 5.19. The molecule has 1 aromatic carbocycles. The van der Waals surface area contributed by atoms with E-state index in [4.69, 9.17) is 16.3 Å². The van der Waals surface area contributed by atoms with Crippen molar-refractivity contribution in [1.29, 1.82) is 0 Å². The zero-order valence-electron chi connectivity index (χ0n) is 14.8. The highest BCUT2D eigenvalue weighted by atomic mass is 35.5. The minimum absolute atomic E-state index is 0.121. The Morgan fingerprint density at radius 2 is 1.92 bits per heavy atom. The van der Waals surface area contributed by atoms with Gasteiger partial charge in [0, 0.05) is 57.4 Å². The van der Waals surface area contributed by atoms with Crippen LogP contribution in [0.2, 0.25) is 5.02 Å². The molecule has 1 amide bonds. The van der Waals surface area contributed by atoms with Crippen molar-refractivity contribution in [3.8, 4) is 0 Å². The summed E-state index contributed by atoms with van der Waals surface area (Å²) in [6.07, 6.45) is -0.213. The van der Waals surface area contributed by atoms with Crippen molar-refractivity contribution in [2.45, 2.75) is 6.04 Å². The Hall–Kier alpha value is -1.34. The number of nitrogens with one attached hydrogen (secondary N) is 1. The van der Waals surface area contributed by atoms with Gasteiger partial charge in [-0.15, -0.1) is 0 Å². The highest BCUT2D eigenvalue weighted by molar-refractivity contribution is 6.30. The number of hydrogen-bond acceptors (Lipinski definition) is 5. The van der Waals surface area contributed by atoms with E-state index in [0.717, 1.165) is 49.9 Å². The number of halogens is 1. The summed E-state index contributed by atoms with van der Waals surface area (Å²) in [5, 5.41) is 4.17. The Labute approximate surface area is 154 Å². The third-order valence-electron chi connectivity index (χ3n) is 4.93. The number of amides is 1. The molecule has 0 aromatic heterocycles. The van der Waals surface area contributed by atoms with Crippen molar-refractivity contribution in [3.63, 3.8) is 0 Å². The topological polar surface area (TPSA) is 48.1 Å². The second-order valence-corrected chi connectivity index (χ2v) is 7.20. The molecule has 1 atom stereocenters. The molecule has 6 nitrogen and oxygen atoms in total. The average molecular weight is 367 g/mol. The summed E-state index contributed by atoms with van der Waals surface area (Å²) >= 11 is 5.95. The van der Waals surface area contributed by atoms with Gasteiger partial charge in [0.2, 0.25) is 0 Å². The molecule has 0 aliphatic carbocycles. The van der Waals surface area contributed by atoms with Crippen LogP contribution in [-0.4, -0.2) is 86.8 Å². The molecule has 0 saturated carbocycles. The first-order valence-electron chi connectivity index (χ1n) is 8.93. The molecule has 7 heteroatoms. The van der Waals surface area contributed by atoms with E-state index in [0.29, 0.717) is 19.7 Å². The first-order valence-corrected chi connectivity index (χ1v) is 9.31. The Bertz CT molecular complexity index is 561. The van der Waals surface area contributed by atoms with Gasteiger partial charge in [-0.3, -0.25) is 4.90 Å². The monoisotopic (exact) mass is 366 g/mol. The quantitative estimate of drug-likeness (QED) is 0.878. The van der Waals surface area contributed by atoms with Crippen molar-refractivity contribution in [2.75, 3.05) is 66.0 Å². The minimum Gasteiger partial charge on any atom is -0.448 e. The lowest BCUT2D eigenvalue weighted by atomic mass is 10.1. The van der Waals surface area contributed by atoms with Crippen LogP contribution in [0.25, 0.3) is 0 Å². The molecular weight excluding hydrogens is 340 g/mol. The van der Waals surface area contributed by atoms with Crippen LogP contribution < -0.4 is 5.32 Å². The predicted octanol–water partition coefficient (Wildman–Crippen LogP) is 1.67. The van der Waals surface area contributed by atoms with Crippen LogP contribution >= 0.6 is 11.6 Å². The van der Waals surface area contributed by atoms with E-state index in [1.165, 1.54) is 0 Å². The van der Waals surface area contributed by atoms with Crippen molar-refractivity contribution < 1.29 is 9.53 Å². The molecule has 138 valence electrons. The third kappa shape index (κ3) is 5.31. The van der Waals surface area contributed by atoms with Crippen molar-refractivity contribution in [2.24, 2.45) is 0 Å². The Kier molecular flexibility index (Phi) is 6.53. The molecule has 1 aromatic rings. The lowest BCUT2D eigenvalue weighted by Gasteiger charge is -2.34. The number of ether oxygens (including phenoxy) is 1. The molecule has 2 heterocycles. The van der Waals surface area contributed by atoms with Crippen molar-refractivity contribution >= 4 is 17.7 Å². The number of carbonyl (C=O) groups is 1. The normalized spacial score (nSPS) is 22.8. The van der Waals surface area contributed by atoms with E-state index in [2.05, 4.69) is 22.2 Å². The van der Waals surface area contributed by atoms with Crippen molar-refractivity contribution in [3.05, 3.63) is 34.9 Å². The average Bonchev–Trinajstić information content (AvgIpc) is 2.64. The molecule has 2 aliphatic heterocycles. The number of rotatable bonds is 4. The van der Waals surface area contributed by atoms with E-state index in [9.17, 15) is 4.79 Å². The lowest BCUT2D eigenvalue weighted by Crippen LogP contribution is -2.49. The first-order chi connectivity index (χ1) is 12.1. The van der Waals surface area contributed by atoms with Gasteiger partial charge < -0.3 is 19.9 Å². The molecule has 0 bridgehead atoms. The van der Waals surface area contributed by atoms with E-state index < -0.39 is 0 Å². The first kappa shape index (κ1) is 18.5. The number of benzene rings is 1. The Balaban J connectivity index is 1.43. The fourth-order valence-electron chi connectivity index (χ4n) is 3.26. The van der Waals surface area contributed by atoms with Gasteiger partial charge in [-0.25, -0.2) is 4.79 Å². The van der Waals surface area contributed by atoms with Gasteiger partial charge in [0.1, 0.15) is 6.61 Å². The lowest BCUT2D eigenvalue weighted by molar-refractivity contribution is 0.0717. The number of likely N-dealkylation sites (N-methyl/N-ethyl adjacent to an activating group) is 1. The van der Waals surface area contributed by atoms with E-state index in [1.54, 1.807) is 4.90 Å². The van der Waals surface area contributed by atoms with Crippen LogP contribution in [0.1, 0.15) is 11.6 Å². The van der Waals surface area contributed by atoms with Gasteiger partial charge in [0.05, 0.1) is 6.04 Å². The minimum atomic E-state index is -0.213. The van der Waals surface area contributed by atoms with Crippen LogP contribution in [0.4, 0.5) is 4.79 Å². The number of carbonyl (C=O) groups excluding carboxylic acids is 1. The van der Waals surface area contributed by atoms with Gasteiger partial charge in [0.25, 0.3) is 0 Å². The van der Waals surface area contributed by atoms with Crippen LogP contribution in [0.15, 0.2) is 24.3 Å².